The number of amides is 1. The maximum atomic E-state index is 13.8. The van der Waals surface area contributed by atoms with Gasteiger partial charge in [0.15, 0.2) is 11.6 Å². The molecule has 1 amide bonds. The Morgan fingerprint density at radius 1 is 1.43 bits per heavy atom. The van der Waals surface area contributed by atoms with Crippen LogP contribution < -0.4 is 15.4 Å². The van der Waals surface area contributed by atoms with Crippen molar-refractivity contribution >= 4 is 5.91 Å². The van der Waals surface area contributed by atoms with E-state index in [1.54, 1.807) is 13.0 Å². The second-order valence-electron chi connectivity index (χ2n) is 5.79. The third kappa shape index (κ3) is 3.94. The van der Waals surface area contributed by atoms with Gasteiger partial charge in [0, 0.05) is 6.54 Å². The molecular weight excluding hydrogens is 271 g/mol. The average Bonchev–Trinajstić information content (AvgIpc) is 2.48. The molecule has 116 valence electrons. The second kappa shape index (κ2) is 6.89. The van der Waals surface area contributed by atoms with Gasteiger partial charge >= 0.3 is 0 Å². The van der Waals surface area contributed by atoms with Crippen molar-refractivity contribution in [3.8, 4) is 5.75 Å². The second-order valence-corrected chi connectivity index (χ2v) is 5.79. The Balaban J connectivity index is 2.05. The number of carbonyl (C=O) groups excluding carboxylic acids is 1. The van der Waals surface area contributed by atoms with Crippen molar-refractivity contribution in [1.82, 2.24) is 10.6 Å². The van der Waals surface area contributed by atoms with Gasteiger partial charge in [0.25, 0.3) is 5.91 Å². The molecule has 0 aliphatic carbocycles. The molecule has 21 heavy (non-hydrogen) atoms. The van der Waals surface area contributed by atoms with E-state index < -0.39 is 5.82 Å². The zero-order chi connectivity index (χ0) is 15.3. The van der Waals surface area contributed by atoms with E-state index in [9.17, 15) is 9.18 Å². The van der Waals surface area contributed by atoms with Crippen molar-refractivity contribution in [1.29, 1.82) is 0 Å². The predicted octanol–water partition coefficient (Wildman–Crippen LogP) is 2.34. The summed E-state index contributed by atoms with van der Waals surface area (Å²) in [6.45, 7) is 6.79. The summed E-state index contributed by atoms with van der Waals surface area (Å²) in [6.07, 6.45) is 2.05. The number of hydrogen-bond acceptors (Lipinski definition) is 3. The van der Waals surface area contributed by atoms with Crippen LogP contribution in [0.25, 0.3) is 0 Å². The van der Waals surface area contributed by atoms with Crippen LogP contribution in [0, 0.1) is 11.2 Å². The van der Waals surface area contributed by atoms with Crippen LogP contribution in [0.3, 0.4) is 0 Å². The van der Waals surface area contributed by atoms with Crippen LogP contribution >= 0.6 is 0 Å². The monoisotopic (exact) mass is 294 g/mol. The molecule has 1 fully saturated rings. The Labute approximate surface area is 125 Å². The van der Waals surface area contributed by atoms with Crippen LogP contribution in [0.2, 0.25) is 0 Å². The van der Waals surface area contributed by atoms with Crippen LogP contribution in [-0.4, -0.2) is 32.1 Å². The number of nitrogens with one attached hydrogen (secondary N) is 2. The highest BCUT2D eigenvalue weighted by atomic mass is 19.1. The fraction of sp³-hybridized carbons (Fsp3) is 0.562. The molecule has 0 aromatic heterocycles. The third-order valence-electron chi connectivity index (χ3n) is 3.99. The number of para-hydroxylation sites is 1. The van der Waals surface area contributed by atoms with Gasteiger partial charge in [-0.15, -0.1) is 0 Å². The van der Waals surface area contributed by atoms with Crippen molar-refractivity contribution in [3.63, 3.8) is 0 Å². The van der Waals surface area contributed by atoms with E-state index in [4.69, 9.17) is 4.74 Å². The van der Waals surface area contributed by atoms with Crippen molar-refractivity contribution in [2.45, 2.75) is 26.7 Å². The van der Waals surface area contributed by atoms with Crippen LogP contribution in [0.5, 0.6) is 5.75 Å². The molecule has 0 bridgehead atoms. The minimum Gasteiger partial charge on any atom is -0.490 e. The summed E-state index contributed by atoms with van der Waals surface area (Å²) in [6, 6.07) is 4.42. The van der Waals surface area contributed by atoms with Gasteiger partial charge in [-0.1, -0.05) is 13.0 Å². The van der Waals surface area contributed by atoms with Gasteiger partial charge in [0.1, 0.15) is 0 Å². The van der Waals surface area contributed by atoms with Crippen molar-refractivity contribution in [2.24, 2.45) is 5.41 Å². The molecule has 1 aromatic carbocycles. The molecule has 1 heterocycles. The first-order valence-corrected chi connectivity index (χ1v) is 7.46. The first kappa shape index (κ1) is 15.8. The summed E-state index contributed by atoms with van der Waals surface area (Å²) in [4.78, 5) is 12.3. The molecular formula is C16H23FN2O2. The van der Waals surface area contributed by atoms with E-state index in [1.165, 1.54) is 12.1 Å². The van der Waals surface area contributed by atoms with E-state index in [1.807, 2.05) is 0 Å². The molecule has 1 saturated heterocycles. The number of ether oxygens (including phenoxy) is 1. The number of halogens is 1. The normalized spacial score (nSPS) is 17.3. The van der Waals surface area contributed by atoms with Crippen molar-refractivity contribution < 1.29 is 13.9 Å². The van der Waals surface area contributed by atoms with Crippen LogP contribution in [0.15, 0.2) is 18.2 Å². The van der Waals surface area contributed by atoms with Crippen LogP contribution in [0.4, 0.5) is 4.39 Å². The summed E-state index contributed by atoms with van der Waals surface area (Å²) in [7, 11) is 0. The largest absolute Gasteiger partial charge is 0.490 e. The molecule has 1 aliphatic rings. The van der Waals surface area contributed by atoms with Crippen molar-refractivity contribution in [3.05, 3.63) is 29.6 Å². The number of benzene rings is 1. The first-order chi connectivity index (χ1) is 10.1. The zero-order valence-electron chi connectivity index (χ0n) is 12.7. The minimum absolute atomic E-state index is 0.0352. The van der Waals surface area contributed by atoms with Gasteiger partial charge in [0.2, 0.25) is 0 Å². The van der Waals surface area contributed by atoms with Gasteiger partial charge in [-0.05, 0) is 50.4 Å². The fourth-order valence-corrected chi connectivity index (χ4v) is 2.57. The SMILES string of the molecule is CCOc1c(F)cccc1C(=O)NCC1(C)CCNCC1. The predicted molar refractivity (Wildman–Crippen MR) is 80.1 cm³/mol. The van der Waals surface area contributed by atoms with Gasteiger partial charge in [-0.25, -0.2) is 4.39 Å². The summed E-state index contributed by atoms with van der Waals surface area (Å²) in [5.41, 5.74) is 0.356. The first-order valence-electron chi connectivity index (χ1n) is 7.46. The molecule has 2 rings (SSSR count). The lowest BCUT2D eigenvalue weighted by Gasteiger charge is -2.34. The maximum absolute atomic E-state index is 13.8. The number of piperidine rings is 1. The molecule has 0 atom stereocenters. The Morgan fingerprint density at radius 3 is 2.81 bits per heavy atom. The summed E-state index contributed by atoms with van der Waals surface area (Å²) in [5, 5.41) is 6.23. The van der Waals surface area contributed by atoms with E-state index >= 15 is 0 Å². The third-order valence-corrected chi connectivity index (χ3v) is 3.99. The van der Waals surface area contributed by atoms with Gasteiger partial charge < -0.3 is 15.4 Å². The van der Waals surface area contributed by atoms with E-state index in [-0.39, 0.29) is 22.6 Å². The molecule has 5 heteroatoms. The topological polar surface area (TPSA) is 50.4 Å². The summed E-state index contributed by atoms with van der Waals surface area (Å²) in [5.74, 6) is -0.747. The van der Waals surface area contributed by atoms with Gasteiger partial charge in [-0.2, -0.15) is 0 Å². The molecule has 2 N–H and O–H groups in total. The molecule has 1 aliphatic heterocycles. The van der Waals surface area contributed by atoms with Gasteiger partial charge in [-0.3, -0.25) is 4.79 Å². The number of rotatable bonds is 5. The van der Waals surface area contributed by atoms with E-state index in [0.717, 1.165) is 25.9 Å². The zero-order valence-corrected chi connectivity index (χ0v) is 12.7. The molecule has 1 aromatic rings. The Morgan fingerprint density at radius 2 is 2.14 bits per heavy atom. The molecule has 0 saturated carbocycles. The van der Waals surface area contributed by atoms with Crippen LogP contribution in [-0.2, 0) is 0 Å². The number of hydrogen-bond donors (Lipinski definition) is 2. The highest BCUT2D eigenvalue weighted by molar-refractivity contribution is 5.97. The lowest BCUT2D eigenvalue weighted by Crippen LogP contribution is -2.43. The molecule has 0 unspecified atom stereocenters. The van der Waals surface area contributed by atoms with Crippen molar-refractivity contribution in [2.75, 3.05) is 26.2 Å². The lowest BCUT2D eigenvalue weighted by atomic mass is 9.81. The number of carbonyl (C=O) groups is 1. The quantitative estimate of drug-likeness (QED) is 0.876. The highest BCUT2D eigenvalue weighted by Crippen LogP contribution is 2.27. The molecule has 0 spiro atoms. The summed E-state index contributed by atoms with van der Waals surface area (Å²) >= 11 is 0. The fourth-order valence-electron chi connectivity index (χ4n) is 2.57. The van der Waals surface area contributed by atoms with E-state index in [0.29, 0.717) is 13.2 Å². The molecule has 4 nitrogen and oxygen atoms in total. The average molecular weight is 294 g/mol. The Bertz CT molecular complexity index is 499. The maximum Gasteiger partial charge on any atom is 0.255 e. The lowest BCUT2D eigenvalue weighted by molar-refractivity contribution is 0.0917. The van der Waals surface area contributed by atoms with Crippen LogP contribution in [0.1, 0.15) is 37.0 Å². The van der Waals surface area contributed by atoms with E-state index in [2.05, 4.69) is 17.6 Å². The molecule has 0 radical (unpaired) electrons. The Hall–Kier alpha value is -1.62. The Kier molecular flexibility index (Phi) is 5.17. The highest BCUT2D eigenvalue weighted by Gasteiger charge is 2.27. The minimum atomic E-state index is -0.502. The smallest absolute Gasteiger partial charge is 0.255 e. The van der Waals surface area contributed by atoms with Gasteiger partial charge in [0.05, 0.1) is 12.2 Å². The standard InChI is InChI=1S/C16H23FN2O2/c1-3-21-14-12(5-4-6-13(14)17)15(20)19-11-16(2)7-9-18-10-8-16/h4-6,18H,3,7-11H2,1-2H3,(H,19,20). The summed E-state index contributed by atoms with van der Waals surface area (Å²) < 4.78 is 19.0.